The maximum atomic E-state index is 5.90. The quantitative estimate of drug-likeness (QED) is 0.851. The molecular weight excluding hydrogens is 202 g/mol. The van der Waals surface area contributed by atoms with Crippen LogP contribution in [-0.2, 0) is 12.0 Å². The van der Waals surface area contributed by atoms with E-state index in [9.17, 15) is 0 Å². The Balaban J connectivity index is 1.87. The monoisotopic (exact) mass is 223 g/mol. The van der Waals surface area contributed by atoms with Gasteiger partial charge in [-0.2, -0.15) is 4.98 Å². The molecule has 2 N–H and O–H groups in total. The van der Waals surface area contributed by atoms with E-state index in [1.165, 1.54) is 32.1 Å². The second kappa shape index (κ2) is 4.53. The van der Waals surface area contributed by atoms with Gasteiger partial charge < -0.3 is 10.3 Å². The predicted molar refractivity (Wildman–Crippen MR) is 61.8 cm³/mol. The maximum absolute atomic E-state index is 5.90. The van der Waals surface area contributed by atoms with Gasteiger partial charge in [0.15, 0.2) is 5.82 Å². The second-order valence-corrected chi connectivity index (χ2v) is 5.42. The van der Waals surface area contributed by atoms with Gasteiger partial charge in [-0.25, -0.2) is 0 Å². The number of hydrogen-bond acceptors (Lipinski definition) is 4. The third-order valence-electron chi connectivity index (χ3n) is 3.29. The zero-order valence-corrected chi connectivity index (χ0v) is 10.2. The molecule has 1 aromatic rings. The highest BCUT2D eigenvalue weighted by Crippen LogP contribution is 2.28. The van der Waals surface area contributed by atoms with E-state index in [0.29, 0.717) is 5.82 Å². The molecule has 1 aliphatic carbocycles. The molecule has 4 heteroatoms. The normalized spacial score (nSPS) is 18.2. The molecule has 0 unspecified atom stereocenters. The average Bonchev–Trinajstić information content (AvgIpc) is 2.85. The van der Waals surface area contributed by atoms with Crippen LogP contribution < -0.4 is 5.73 Å². The number of rotatable bonds is 4. The molecule has 0 radical (unpaired) electrons. The Morgan fingerprint density at radius 1 is 1.38 bits per heavy atom. The van der Waals surface area contributed by atoms with Gasteiger partial charge in [0.05, 0.1) is 5.54 Å². The molecule has 0 atom stereocenters. The van der Waals surface area contributed by atoms with Crippen molar-refractivity contribution in [1.82, 2.24) is 10.1 Å². The zero-order valence-electron chi connectivity index (χ0n) is 10.2. The first-order valence-corrected chi connectivity index (χ1v) is 6.17. The average molecular weight is 223 g/mol. The first-order valence-electron chi connectivity index (χ1n) is 6.17. The third-order valence-corrected chi connectivity index (χ3v) is 3.29. The van der Waals surface area contributed by atoms with E-state index in [1.807, 2.05) is 13.8 Å². The molecule has 0 aliphatic heterocycles. The molecule has 1 aromatic heterocycles. The molecule has 0 aromatic carbocycles. The molecule has 1 fully saturated rings. The largest absolute Gasteiger partial charge is 0.339 e. The van der Waals surface area contributed by atoms with Crippen molar-refractivity contribution < 1.29 is 4.52 Å². The van der Waals surface area contributed by atoms with Crippen molar-refractivity contribution in [3.05, 3.63) is 11.7 Å². The lowest BCUT2D eigenvalue weighted by Gasteiger charge is -2.11. The van der Waals surface area contributed by atoms with Gasteiger partial charge in [-0.1, -0.05) is 30.8 Å². The van der Waals surface area contributed by atoms with Crippen molar-refractivity contribution in [1.29, 1.82) is 0 Å². The Kier molecular flexibility index (Phi) is 3.28. The molecule has 1 saturated carbocycles. The fraction of sp³-hybridized carbons (Fsp3) is 0.833. The lowest BCUT2D eigenvalue weighted by Crippen LogP contribution is -2.30. The van der Waals surface area contributed by atoms with Gasteiger partial charge in [0.1, 0.15) is 0 Å². The maximum Gasteiger partial charge on any atom is 0.226 e. The van der Waals surface area contributed by atoms with E-state index >= 15 is 0 Å². The Morgan fingerprint density at radius 2 is 2.06 bits per heavy atom. The summed E-state index contributed by atoms with van der Waals surface area (Å²) in [6, 6.07) is 0. The number of nitrogens with two attached hydrogens (primary N) is 1. The molecule has 0 amide bonds. The summed E-state index contributed by atoms with van der Waals surface area (Å²) in [5.74, 6) is 2.20. The predicted octanol–water partition coefficient (Wildman–Crippen LogP) is 2.39. The highest BCUT2D eigenvalue weighted by atomic mass is 16.5. The summed E-state index contributed by atoms with van der Waals surface area (Å²) >= 11 is 0. The summed E-state index contributed by atoms with van der Waals surface area (Å²) in [7, 11) is 0. The summed E-state index contributed by atoms with van der Waals surface area (Å²) in [4.78, 5) is 4.34. The summed E-state index contributed by atoms with van der Waals surface area (Å²) < 4.78 is 5.21. The molecule has 0 saturated heterocycles. The molecule has 2 rings (SSSR count). The molecule has 1 aliphatic rings. The van der Waals surface area contributed by atoms with E-state index in [4.69, 9.17) is 10.3 Å². The van der Waals surface area contributed by atoms with Gasteiger partial charge in [0, 0.05) is 6.42 Å². The van der Waals surface area contributed by atoms with Crippen LogP contribution in [0, 0.1) is 5.92 Å². The second-order valence-electron chi connectivity index (χ2n) is 5.42. The van der Waals surface area contributed by atoms with Crippen LogP contribution in [0.4, 0.5) is 0 Å². The van der Waals surface area contributed by atoms with E-state index in [1.54, 1.807) is 0 Å². The molecule has 90 valence electrons. The van der Waals surface area contributed by atoms with Crippen LogP contribution in [0.15, 0.2) is 4.52 Å². The van der Waals surface area contributed by atoms with Crippen molar-refractivity contribution in [3.8, 4) is 0 Å². The van der Waals surface area contributed by atoms with E-state index < -0.39 is 5.54 Å². The number of aryl methyl sites for hydroxylation is 1. The number of hydrogen-bond donors (Lipinski definition) is 1. The van der Waals surface area contributed by atoms with Crippen molar-refractivity contribution >= 4 is 0 Å². The van der Waals surface area contributed by atoms with Crippen LogP contribution in [-0.4, -0.2) is 10.1 Å². The minimum Gasteiger partial charge on any atom is -0.339 e. The highest BCUT2D eigenvalue weighted by Gasteiger charge is 2.22. The van der Waals surface area contributed by atoms with Crippen LogP contribution in [0.2, 0.25) is 0 Å². The van der Waals surface area contributed by atoms with Crippen LogP contribution in [0.1, 0.15) is 57.7 Å². The zero-order chi connectivity index (χ0) is 11.6. The van der Waals surface area contributed by atoms with Gasteiger partial charge in [-0.3, -0.25) is 0 Å². The molecule has 1 heterocycles. The summed E-state index contributed by atoms with van der Waals surface area (Å²) in [6.45, 7) is 3.78. The van der Waals surface area contributed by atoms with Gasteiger partial charge in [0.25, 0.3) is 0 Å². The van der Waals surface area contributed by atoms with Crippen LogP contribution in [0.3, 0.4) is 0 Å². The minimum atomic E-state index is -0.505. The first-order chi connectivity index (χ1) is 7.55. The molecule has 0 spiro atoms. The molecule has 0 bridgehead atoms. The van der Waals surface area contributed by atoms with Gasteiger partial charge >= 0.3 is 0 Å². The van der Waals surface area contributed by atoms with Crippen LogP contribution in [0.5, 0.6) is 0 Å². The van der Waals surface area contributed by atoms with Gasteiger partial charge in [-0.15, -0.1) is 0 Å². The van der Waals surface area contributed by atoms with Crippen LogP contribution >= 0.6 is 0 Å². The van der Waals surface area contributed by atoms with E-state index in [0.717, 1.165) is 18.2 Å². The first kappa shape index (κ1) is 11.6. The summed E-state index contributed by atoms with van der Waals surface area (Å²) in [5, 5.41) is 3.92. The lowest BCUT2D eigenvalue weighted by molar-refractivity contribution is 0.349. The van der Waals surface area contributed by atoms with E-state index in [2.05, 4.69) is 10.1 Å². The fourth-order valence-corrected chi connectivity index (χ4v) is 2.24. The SMILES string of the molecule is CC(C)(N)c1noc(CCC2CCCC2)n1. The fourth-order valence-electron chi connectivity index (χ4n) is 2.24. The Bertz CT molecular complexity index is 334. The third kappa shape index (κ3) is 2.82. The summed E-state index contributed by atoms with van der Waals surface area (Å²) in [6.07, 6.45) is 7.57. The van der Waals surface area contributed by atoms with Crippen molar-refractivity contribution in [2.45, 2.75) is 57.9 Å². The lowest BCUT2D eigenvalue weighted by atomic mass is 10.0. The topological polar surface area (TPSA) is 64.9 Å². The minimum absolute atomic E-state index is 0.505. The van der Waals surface area contributed by atoms with Gasteiger partial charge in [-0.05, 0) is 26.2 Å². The Morgan fingerprint density at radius 3 is 2.62 bits per heavy atom. The van der Waals surface area contributed by atoms with Gasteiger partial charge in [0.2, 0.25) is 5.89 Å². The summed E-state index contributed by atoms with van der Waals surface area (Å²) in [5.41, 5.74) is 5.40. The number of aromatic nitrogens is 2. The molecule has 16 heavy (non-hydrogen) atoms. The molecule has 4 nitrogen and oxygen atoms in total. The Labute approximate surface area is 96.6 Å². The smallest absolute Gasteiger partial charge is 0.226 e. The Hall–Kier alpha value is -0.900. The van der Waals surface area contributed by atoms with E-state index in [-0.39, 0.29) is 0 Å². The van der Waals surface area contributed by atoms with Crippen LogP contribution in [0.25, 0.3) is 0 Å². The van der Waals surface area contributed by atoms with Crippen molar-refractivity contribution in [2.24, 2.45) is 11.7 Å². The standard InChI is InChI=1S/C12H21N3O/c1-12(2,13)11-14-10(16-15-11)8-7-9-5-3-4-6-9/h9H,3-8,13H2,1-2H3. The highest BCUT2D eigenvalue weighted by molar-refractivity contribution is 4.99. The number of nitrogens with zero attached hydrogens (tertiary/aromatic N) is 2. The van der Waals surface area contributed by atoms with Crippen molar-refractivity contribution in [3.63, 3.8) is 0 Å². The van der Waals surface area contributed by atoms with Crippen molar-refractivity contribution in [2.75, 3.05) is 0 Å². The molecular formula is C12H21N3O.